The molecule has 0 aliphatic rings. The Morgan fingerprint density at radius 1 is 1.67 bits per heavy atom. The number of hydrogen-bond donors (Lipinski definition) is 3. The molecule has 1 aromatic heterocycles. The monoisotopic (exact) mass is 185 g/mol. The Morgan fingerprint density at radius 3 is 3.08 bits per heavy atom. The molecule has 0 radical (unpaired) electrons. The van der Waals surface area contributed by atoms with Crippen LogP contribution >= 0.6 is 12.2 Å². The lowest BCUT2D eigenvalue weighted by Gasteiger charge is -2.05. The van der Waals surface area contributed by atoms with Gasteiger partial charge in [0.25, 0.3) is 0 Å². The van der Waals surface area contributed by atoms with Gasteiger partial charge >= 0.3 is 0 Å². The van der Waals surface area contributed by atoms with Crippen LogP contribution in [0.25, 0.3) is 0 Å². The van der Waals surface area contributed by atoms with Gasteiger partial charge in [-0.1, -0.05) is 0 Å². The van der Waals surface area contributed by atoms with Crippen molar-refractivity contribution < 1.29 is 0 Å². The standard InChI is InChI=1S/C6H11N5S/c1-2-7-6(12)8-3-5-9-4-10-11-5/h4H,2-3H2,1H3,(H2,7,8,12)(H,9,10,11). The fraction of sp³-hybridized carbons (Fsp3) is 0.500. The zero-order valence-electron chi connectivity index (χ0n) is 6.79. The fourth-order valence-corrected chi connectivity index (χ4v) is 0.920. The molecule has 0 saturated carbocycles. The minimum atomic E-state index is 0.575. The highest BCUT2D eigenvalue weighted by Crippen LogP contribution is 1.82. The van der Waals surface area contributed by atoms with Crippen molar-refractivity contribution in [2.45, 2.75) is 13.5 Å². The Balaban J connectivity index is 2.22. The van der Waals surface area contributed by atoms with E-state index in [1.54, 1.807) is 0 Å². The maximum Gasteiger partial charge on any atom is 0.166 e. The molecule has 0 bridgehead atoms. The van der Waals surface area contributed by atoms with Crippen LogP contribution in [0.5, 0.6) is 0 Å². The topological polar surface area (TPSA) is 65.6 Å². The van der Waals surface area contributed by atoms with E-state index in [2.05, 4.69) is 25.8 Å². The number of thiocarbonyl (C=S) groups is 1. The summed E-state index contributed by atoms with van der Waals surface area (Å²) in [5.74, 6) is 0.773. The zero-order valence-corrected chi connectivity index (χ0v) is 7.61. The molecule has 1 rings (SSSR count). The van der Waals surface area contributed by atoms with Crippen molar-refractivity contribution in [1.82, 2.24) is 25.8 Å². The molecule has 0 aromatic carbocycles. The Hall–Kier alpha value is -1.17. The molecule has 66 valence electrons. The molecule has 0 saturated heterocycles. The fourth-order valence-electron chi connectivity index (χ4n) is 0.703. The predicted molar refractivity (Wildman–Crippen MR) is 49.5 cm³/mol. The van der Waals surface area contributed by atoms with Crippen molar-refractivity contribution in [2.24, 2.45) is 0 Å². The Morgan fingerprint density at radius 2 is 2.50 bits per heavy atom. The smallest absolute Gasteiger partial charge is 0.166 e. The molecular formula is C6H11N5S. The normalized spacial score (nSPS) is 9.42. The number of rotatable bonds is 3. The van der Waals surface area contributed by atoms with E-state index in [4.69, 9.17) is 12.2 Å². The molecule has 0 aliphatic heterocycles. The maximum atomic E-state index is 4.94. The lowest BCUT2D eigenvalue weighted by molar-refractivity contribution is 0.804. The largest absolute Gasteiger partial charge is 0.363 e. The van der Waals surface area contributed by atoms with Crippen LogP contribution in [0.15, 0.2) is 6.33 Å². The number of aromatic nitrogens is 3. The number of nitrogens with one attached hydrogen (secondary N) is 3. The third kappa shape index (κ3) is 2.83. The number of aromatic amines is 1. The summed E-state index contributed by atoms with van der Waals surface area (Å²) in [6.07, 6.45) is 1.47. The number of nitrogens with zero attached hydrogens (tertiary/aromatic N) is 2. The van der Waals surface area contributed by atoms with Crippen molar-refractivity contribution in [1.29, 1.82) is 0 Å². The quantitative estimate of drug-likeness (QED) is 0.569. The summed E-state index contributed by atoms with van der Waals surface area (Å²) in [5, 5.41) is 13.0. The first-order valence-corrected chi connectivity index (χ1v) is 4.09. The molecule has 0 fully saturated rings. The van der Waals surface area contributed by atoms with E-state index in [1.807, 2.05) is 6.92 Å². The lowest BCUT2D eigenvalue weighted by Crippen LogP contribution is -2.34. The zero-order chi connectivity index (χ0) is 8.81. The number of hydrogen-bond acceptors (Lipinski definition) is 3. The highest BCUT2D eigenvalue weighted by atomic mass is 32.1. The molecule has 3 N–H and O–H groups in total. The average Bonchev–Trinajstić information content (AvgIpc) is 2.53. The van der Waals surface area contributed by atoms with Gasteiger partial charge in [-0.3, -0.25) is 5.10 Å². The first-order valence-electron chi connectivity index (χ1n) is 3.69. The first kappa shape index (κ1) is 8.92. The molecule has 1 aromatic rings. The van der Waals surface area contributed by atoms with E-state index in [-0.39, 0.29) is 0 Å². The van der Waals surface area contributed by atoms with E-state index >= 15 is 0 Å². The van der Waals surface area contributed by atoms with Crippen LogP contribution in [0.2, 0.25) is 0 Å². The molecular weight excluding hydrogens is 174 g/mol. The van der Waals surface area contributed by atoms with Gasteiger partial charge in [0.05, 0.1) is 6.54 Å². The van der Waals surface area contributed by atoms with Crippen LogP contribution in [-0.2, 0) is 6.54 Å². The molecule has 0 amide bonds. The second kappa shape index (κ2) is 4.66. The van der Waals surface area contributed by atoms with Crippen molar-refractivity contribution in [3.8, 4) is 0 Å². The molecule has 0 aliphatic carbocycles. The van der Waals surface area contributed by atoms with Gasteiger partial charge in [0.1, 0.15) is 12.2 Å². The van der Waals surface area contributed by atoms with Crippen LogP contribution < -0.4 is 10.6 Å². The highest BCUT2D eigenvalue weighted by molar-refractivity contribution is 7.80. The van der Waals surface area contributed by atoms with Crippen molar-refractivity contribution >= 4 is 17.3 Å². The average molecular weight is 185 g/mol. The molecule has 0 unspecified atom stereocenters. The first-order chi connectivity index (χ1) is 5.83. The Labute approximate surface area is 76.0 Å². The minimum absolute atomic E-state index is 0.575. The van der Waals surface area contributed by atoms with Gasteiger partial charge in [-0.05, 0) is 19.1 Å². The van der Waals surface area contributed by atoms with E-state index in [0.717, 1.165) is 12.4 Å². The molecule has 12 heavy (non-hydrogen) atoms. The van der Waals surface area contributed by atoms with Crippen LogP contribution in [0.4, 0.5) is 0 Å². The van der Waals surface area contributed by atoms with E-state index in [1.165, 1.54) is 6.33 Å². The van der Waals surface area contributed by atoms with Gasteiger partial charge < -0.3 is 10.6 Å². The van der Waals surface area contributed by atoms with Gasteiger partial charge in [-0.25, -0.2) is 4.98 Å². The minimum Gasteiger partial charge on any atom is -0.363 e. The van der Waals surface area contributed by atoms with Gasteiger partial charge in [0.15, 0.2) is 5.11 Å². The Kier molecular flexibility index (Phi) is 3.46. The summed E-state index contributed by atoms with van der Waals surface area (Å²) in [4.78, 5) is 3.93. The predicted octanol–water partition coefficient (Wildman–Crippen LogP) is -0.211. The van der Waals surface area contributed by atoms with E-state index < -0.39 is 0 Å². The van der Waals surface area contributed by atoms with Crippen LogP contribution in [0.3, 0.4) is 0 Å². The SMILES string of the molecule is CCNC(=S)NCc1ncn[nH]1. The highest BCUT2D eigenvalue weighted by Gasteiger charge is 1.95. The third-order valence-corrected chi connectivity index (χ3v) is 1.51. The maximum absolute atomic E-state index is 4.94. The van der Waals surface area contributed by atoms with Crippen LogP contribution in [0, 0.1) is 0 Å². The van der Waals surface area contributed by atoms with Crippen LogP contribution in [-0.4, -0.2) is 26.8 Å². The van der Waals surface area contributed by atoms with Crippen molar-refractivity contribution in [2.75, 3.05) is 6.54 Å². The summed E-state index contributed by atoms with van der Waals surface area (Å²) < 4.78 is 0. The van der Waals surface area contributed by atoms with Gasteiger partial charge in [0, 0.05) is 6.54 Å². The number of H-pyrrole nitrogens is 1. The summed E-state index contributed by atoms with van der Waals surface area (Å²) in [5.41, 5.74) is 0. The third-order valence-electron chi connectivity index (χ3n) is 1.22. The van der Waals surface area contributed by atoms with Crippen LogP contribution in [0.1, 0.15) is 12.7 Å². The van der Waals surface area contributed by atoms with E-state index in [9.17, 15) is 0 Å². The van der Waals surface area contributed by atoms with Gasteiger partial charge in [0.2, 0.25) is 0 Å². The second-order valence-corrected chi connectivity index (χ2v) is 2.55. The Bertz CT molecular complexity index is 232. The van der Waals surface area contributed by atoms with Crippen molar-refractivity contribution in [3.05, 3.63) is 12.2 Å². The molecule has 0 atom stereocenters. The second-order valence-electron chi connectivity index (χ2n) is 2.15. The summed E-state index contributed by atoms with van der Waals surface area (Å²) in [7, 11) is 0. The summed E-state index contributed by atoms with van der Waals surface area (Å²) in [6, 6.07) is 0. The van der Waals surface area contributed by atoms with Crippen molar-refractivity contribution in [3.63, 3.8) is 0 Å². The summed E-state index contributed by atoms with van der Waals surface area (Å²) >= 11 is 4.94. The molecule has 5 nitrogen and oxygen atoms in total. The van der Waals surface area contributed by atoms with E-state index in [0.29, 0.717) is 11.7 Å². The summed E-state index contributed by atoms with van der Waals surface area (Å²) in [6.45, 7) is 3.39. The molecule has 0 spiro atoms. The lowest BCUT2D eigenvalue weighted by atomic mass is 10.6. The van der Waals surface area contributed by atoms with Gasteiger partial charge in [-0.2, -0.15) is 5.10 Å². The van der Waals surface area contributed by atoms with Gasteiger partial charge in [-0.15, -0.1) is 0 Å². The molecule has 6 heteroatoms. The molecule has 1 heterocycles.